The maximum Gasteiger partial charge on any atom is 0.192 e. The normalized spacial score (nSPS) is 14.9. The third kappa shape index (κ3) is 11.2. The number of hydrogen-bond donors (Lipinski definition) is 0. The Labute approximate surface area is 289 Å². The van der Waals surface area contributed by atoms with Crippen molar-refractivity contribution >= 4 is 8.32 Å². The number of benzene rings is 3. The van der Waals surface area contributed by atoms with Crippen molar-refractivity contribution in [3.05, 3.63) is 114 Å². The summed E-state index contributed by atoms with van der Waals surface area (Å²) in [4.78, 5) is 2.14. The fourth-order valence-electron chi connectivity index (χ4n) is 6.72. The molecular formula is C43H65NO2Si. The van der Waals surface area contributed by atoms with E-state index in [9.17, 15) is 0 Å². The van der Waals surface area contributed by atoms with Crippen LogP contribution in [0.15, 0.2) is 97.1 Å². The smallest absolute Gasteiger partial charge is 0.192 e. The summed E-state index contributed by atoms with van der Waals surface area (Å²) >= 11 is 0. The molecule has 0 aliphatic carbocycles. The molecule has 0 saturated carbocycles. The largest absolute Gasteiger partial charge is 0.492 e. The summed E-state index contributed by atoms with van der Waals surface area (Å²) in [6.45, 7) is 28.4. The van der Waals surface area contributed by atoms with Crippen LogP contribution in [0.3, 0.4) is 0 Å². The highest BCUT2D eigenvalue weighted by molar-refractivity contribution is 6.74. The van der Waals surface area contributed by atoms with Gasteiger partial charge in [0, 0.05) is 25.0 Å². The van der Waals surface area contributed by atoms with Crippen molar-refractivity contribution in [2.24, 2.45) is 16.2 Å². The Balaban J connectivity index is 1.97. The van der Waals surface area contributed by atoms with Gasteiger partial charge in [0.1, 0.15) is 12.4 Å². The summed E-state index contributed by atoms with van der Waals surface area (Å²) in [5.74, 6) is 1.28. The molecule has 0 saturated heterocycles. The van der Waals surface area contributed by atoms with Crippen LogP contribution in [0.4, 0.5) is 0 Å². The minimum atomic E-state index is -1.82. The Bertz CT molecular complexity index is 1380. The Hall–Kier alpha value is -2.66. The van der Waals surface area contributed by atoms with E-state index in [4.69, 9.17) is 9.16 Å². The first kappa shape index (κ1) is 38.8. The van der Waals surface area contributed by atoms with Crippen molar-refractivity contribution < 1.29 is 9.16 Å². The zero-order valence-corrected chi connectivity index (χ0v) is 33.0. The number of ether oxygens (including phenoxy) is 1. The van der Waals surface area contributed by atoms with E-state index in [-0.39, 0.29) is 33.1 Å². The number of hydrogen-bond acceptors (Lipinski definition) is 3. The average molecular weight is 656 g/mol. The van der Waals surface area contributed by atoms with Gasteiger partial charge in [-0.3, -0.25) is 0 Å². The van der Waals surface area contributed by atoms with Gasteiger partial charge in [-0.2, -0.15) is 0 Å². The number of rotatable bonds is 16. The molecule has 3 nitrogen and oxygen atoms in total. The van der Waals surface area contributed by atoms with E-state index in [2.05, 4.69) is 191 Å². The van der Waals surface area contributed by atoms with E-state index in [1.54, 1.807) is 0 Å². The first-order valence-corrected chi connectivity index (χ1v) is 20.5. The van der Waals surface area contributed by atoms with Gasteiger partial charge in [0.05, 0.1) is 0 Å². The molecule has 0 aliphatic heterocycles. The summed E-state index contributed by atoms with van der Waals surface area (Å²) in [6.07, 6.45) is 6.05. The summed E-state index contributed by atoms with van der Waals surface area (Å²) in [5, 5.41) is 0.210. The highest BCUT2D eigenvalue weighted by Gasteiger charge is 2.41. The quantitative estimate of drug-likeness (QED) is 0.113. The number of allylic oxidation sites excluding steroid dienone is 2. The molecule has 0 amide bonds. The SMILES string of the molecule is CN(C)CCOc1ccc(C(c2ccccc2)C(C)(C)C(C=CC(C)(C)CC(C)(C)CO[Si](C)(C)C(C)(C)C)c2ccccc2)cc1. The van der Waals surface area contributed by atoms with Gasteiger partial charge in [-0.25, -0.2) is 0 Å². The van der Waals surface area contributed by atoms with E-state index in [0.29, 0.717) is 6.61 Å². The van der Waals surface area contributed by atoms with Crippen LogP contribution in [0.5, 0.6) is 5.75 Å². The third-order valence-corrected chi connectivity index (χ3v) is 14.6. The van der Waals surface area contributed by atoms with Crippen LogP contribution in [0.25, 0.3) is 0 Å². The lowest BCUT2D eigenvalue weighted by atomic mass is 9.62. The summed E-state index contributed by atoms with van der Waals surface area (Å²) < 4.78 is 12.8. The predicted octanol–water partition coefficient (Wildman–Crippen LogP) is 11.6. The monoisotopic (exact) mass is 655 g/mol. The molecule has 258 valence electrons. The summed E-state index contributed by atoms with van der Waals surface area (Å²) in [6, 6.07) is 30.9. The van der Waals surface area contributed by atoms with Crippen molar-refractivity contribution in [1.29, 1.82) is 0 Å². The van der Waals surface area contributed by atoms with Crippen molar-refractivity contribution in [3.63, 3.8) is 0 Å². The molecule has 0 heterocycles. The van der Waals surface area contributed by atoms with Gasteiger partial charge in [0.15, 0.2) is 8.32 Å². The van der Waals surface area contributed by atoms with Crippen LogP contribution >= 0.6 is 0 Å². The van der Waals surface area contributed by atoms with Crippen molar-refractivity contribution in [2.45, 2.75) is 98.7 Å². The first-order chi connectivity index (χ1) is 21.7. The van der Waals surface area contributed by atoms with Crippen LogP contribution in [0.2, 0.25) is 18.1 Å². The van der Waals surface area contributed by atoms with Crippen molar-refractivity contribution in [1.82, 2.24) is 4.90 Å². The lowest BCUT2D eigenvalue weighted by Gasteiger charge is -2.42. The van der Waals surface area contributed by atoms with E-state index in [1.807, 2.05) is 0 Å². The zero-order chi connectivity index (χ0) is 35.1. The molecule has 0 aliphatic rings. The molecular weight excluding hydrogens is 591 g/mol. The second kappa shape index (κ2) is 15.7. The van der Waals surface area contributed by atoms with Crippen molar-refractivity contribution in [2.75, 3.05) is 33.9 Å². The fourth-order valence-corrected chi connectivity index (χ4v) is 7.91. The summed E-state index contributed by atoms with van der Waals surface area (Å²) in [7, 11) is 2.33. The van der Waals surface area contributed by atoms with E-state index in [1.165, 1.54) is 16.7 Å². The van der Waals surface area contributed by atoms with Gasteiger partial charge in [-0.05, 0) is 83.7 Å². The Kier molecular flexibility index (Phi) is 13.0. The Morgan fingerprint density at radius 2 is 1.21 bits per heavy atom. The summed E-state index contributed by atoms with van der Waals surface area (Å²) in [5.41, 5.74) is 3.88. The van der Waals surface area contributed by atoms with Gasteiger partial charge in [0.25, 0.3) is 0 Å². The second-order valence-electron chi connectivity index (χ2n) is 17.5. The Morgan fingerprint density at radius 3 is 1.72 bits per heavy atom. The van der Waals surface area contributed by atoms with Crippen LogP contribution in [0, 0.1) is 16.2 Å². The van der Waals surface area contributed by atoms with Gasteiger partial charge >= 0.3 is 0 Å². The lowest BCUT2D eigenvalue weighted by Crippen LogP contribution is -2.43. The minimum Gasteiger partial charge on any atom is -0.492 e. The molecule has 0 radical (unpaired) electrons. The van der Waals surface area contributed by atoms with Crippen LogP contribution in [-0.4, -0.2) is 47.1 Å². The molecule has 0 fully saturated rings. The molecule has 3 aromatic carbocycles. The first-order valence-electron chi connectivity index (χ1n) is 17.5. The molecule has 0 spiro atoms. The van der Waals surface area contributed by atoms with Gasteiger partial charge in [-0.15, -0.1) is 0 Å². The standard InChI is InChI=1S/C43H65NO2Si/c1-40(2,3)47(12,13)46-33-42(6,7)32-41(4,5)29-28-38(34-20-16-14-17-21-34)43(8,9)39(35-22-18-15-19-23-35)36-24-26-37(27-25-36)45-31-30-44(10)11/h14-29,38-39H,30-33H2,1-13H3. The van der Waals surface area contributed by atoms with E-state index in [0.717, 1.165) is 25.3 Å². The molecule has 2 atom stereocenters. The van der Waals surface area contributed by atoms with Crippen LogP contribution in [-0.2, 0) is 4.43 Å². The molecule has 47 heavy (non-hydrogen) atoms. The molecule has 0 N–H and O–H groups in total. The topological polar surface area (TPSA) is 21.7 Å². The number of nitrogens with zero attached hydrogens (tertiary/aromatic N) is 1. The highest BCUT2D eigenvalue weighted by atomic mass is 28.4. The molecule has 0 bridgehead atoms. The second-order valence-corrected chi connectivity index (χ2v) is 22.3. The molecule has 3 rings (SSSR count). The predicted molar refractivity (Wildman–Crippen MR) is 206 cm³/mol. The lowest BCUT2D eigenvalue weighted by molar-refractivity contribution is 0.124. The van der Waals surface area contributed by atoms with Crippen LogP contribution < -0.4 is 4.74 Å². The van der Waals surface area contributed by atoms with Gasteiger partial charge in [0.2, 0.25) is 0 Å². The maximum atomic E-state index is 6.73. The van der Waals surface area contributed by atoms with E-state index >= 15 is 0 Å². The maximum absolute atomic E-state index is 6.73. The highest BCUT2D eigenvalue weighted by Crippen LogP contribution is 2.51. The molecule has 2 unspecified atom stereocenters. The average Bonchev–Trinajstić information content (AvgIpc) is 2.97. The zero-order valence-electron chi connectivity index (χ0n) is 32.0. The molecule has 4 heteroatoms. The van der Waals surface area contributed by atoms with Crippen LogP contribution in [0.1, 0.15) is 97.3 Å². The van der Waals surface area contributed by atoms with Gasteiger partial charge < -0.3 is 14.1 Å². The van der Waals surface area contributed by atoms with E-state index < -0.39 is 8.32 Å². The van der Waals surface area contributed by atoms with Gasteiger partial charge in [-0.1, -0.05) is 147 Å². The van der Waals surface area contributed by atoms with Crippen molar-refractivity contribution in [3.8, 4) is 5.75 Å². The fraction of sp³-hybridized carbons (Fsp3) is 0.535. The Morgan fingerprint density at radius 1 is 0.702 bits per heavy atom. The number of likely N-dealkylation sites (N-methyl/N-ethyl adjacent to an activating group) is 1. The minimum absolute atomic E-state index is 0.00279. The molecule has 3 aromatic rings. The molecule has 0 aromatic heterocycles. The third-order valence-electron chi connectivity index (χ3n) is 10.2.